The van der Waals surface area contributed by atoms with Crippen LogP contribution in [0.2, 0.25) is 0 Å². The van der Waals surface area contributed by atoms with Crippen LogP contribution in [0.3, 0.4) is 0 Å². The highest BCUT2D eigenvalue weighted by molar-refractivity contribution is 6.05. The van der Waals surface area contributed by atoms with Gasteiger partial charge in [0.05, 0.1) is 19.2 Å². The molecule has 0 unspecified atom stereocenters. The van der Waals surface area contributed by atoms with E-state index in [0.717, 1.165) is 0 Å². The topological polar surface area (TPSA) is 62.1 Å². The molecule has 8 heteroatoms. The quantitative estimate of drug-likeness (QED) is 0.889. The molecule has 0 bridgehead atoms. The largest absolute Gasteiger partial charge is 0.497 e. The van der Waals surface area contributed by atoms with Gasteiger partial charge in [0.1, 0.15) is 5.75 Å². The maximum absolute atomic E-state index is 13.6. The van der Waals surface area contributed by atoms with Crippen molar-refractivity contribution in [3.63, 3.8) is 0 Å². The molecule has 1 heterocycles. The number of hydrazone groups is 1. The number of halogens is 3. The number of carbonyl (C=O) groups excluding carboxylic acids is 1. The molecule has 0 aromatic heterocycles. The number of carbonyl (C=O) groups is 1. The van der Waals surface area contributed by atoms with E-state index in [2.05, 4.69) is 5.10 Å². The van der Waals surface area contributed by atoms with Crippen molar-refractivity contribution in [1.82, 2.24) is 5.01 Å². The SMILES string of the molecule is COc1ccc(C2=NN(C(=O)c3cccc(C)c3)[C@@](O)(C(F)(F)F)C2)cc1. The van der Waals surface area contributed by atoms with E-state index in [-0.39, 0.29) is 16.3 Å². The number of hydrogen-bond acceptors (Lipinski definition) is 4. The second kappa shape index (κ2) is 6.70. The third kappa shape index (κ3) is 3.40. The summed E-state index contributed by atoms with van der Waals surface area (Å²) in [6, 6.07) is 12.3. The van der Waals surface area contributed by atoms with E-state index in [1.807, 2.05) is 0 Å². The summed E-state index contributed by atoms with van der Waals surface area (Å²) in [7, 11) is 1.47. The number of methoxy groups -OCH3 is 1. The number of rotatable bonds is 3. The molecule has 2 aromatic carbocycles. The molecule has 1 N–H and O–H groups in total. The molecule has 1 amide bonds. The Hall–Kier alpha value is -2.87. The lowest BCUT2D eigenvalue weighted by Crippen LogP contribution is -2.56. The fourth-order valence-electron chi connectivity index (χ4n) is 2.82. The van der Waals surface area contributed by atoms with Gasteiger partial charge in [-0.3, -0.25) is 4.79 Å². The highest BCUT2D eigenvalue weighted by atomic mass is 19.4. The standard InChI is InChI=1S/C19H17F3N2O3/c1-12-4-3-5-14(10-12)17(25)24-18(26,19(20,21)22)11-16(23-24)13-6-8-15(27-2)9-7-13/h3-10,26H,11H2,1-2H3/t18-/m0/s1. The predicted molar refractivity (Wildman–Crippen MR) is 92.5 cm³/mol. The molecule has 3 rings (SSSR count). The van der Waals surface area contributed by atoms with Crippen LogP contribution in [0.1, 0.15) is 27.9 Å². The van der Waals surface area contributed by atoms with Crippen LogP contribution in [0.5, 0.6) is 5.75 Å². The van der Waals surface area contributed by atoms with E-state index in [1.165, 1.54) is 31.4 Å². The molecule has 0 spiro atoms. The Balaban J connectivity index is 2.03. The molecule has 5 nitrogen and oxygen atoms in total. The minimum Gasteiger partial charge on any atom is -0.497 e. The smallest absolute Gasteiger partial charge is 0.438 e. The van der Waals surface area contributed by atoms with E-state index in [9.17, 15) is 23.1 Å². The van der Waals surface area contributed by atoms with Crippen molar-refractivity contribution in [2.45, 2.75) is 25.2 Å². The number of amides is 1. The van der Waals surface area contributed by atoms with E-state index >= 15 is 0 Å². The van der Waals surface area contributed by atoms with Gasteiger partial charge in [-0.15, -0.1) is 0 Å². The normalized spacial score (nSPS) is 19.8. The van der Waals surface area contributed by atoms with Gasteiger partial charge >= 0.3 is 6.18 Å². The van der Waals surface area contributed by atoms with Gasteiger partial charge < -0.3 is 9.84 Å². The van der Waals surface area contributed by atoms with Gasteiger partial charge in [-0.25, -0.2) is 0 Å². The number of ether oxygens (including phenoxy) is 1. The van der Waals surface area contributed by atoms with Crippen molar-refractivity contribution in [3.05, 3.63) is 65.2 Å². The average Bonchev–Trinajstić information content (AvgIpc) is 3.00. The van der Waals surface area contributed by atoms with Crippen LogP contribution < -0.4 is 4.74 Å². The Bertz CT molecular complexity index is 894. The second-order valence-corrected chi connectivity index (χ2v) is 6.25. The molecule has 142 valence electrons. The second-order valence-electron chi connectivity index (χ2n) is 6.25. The van der Waals surface area contributed by atoms with Crippen LogP contribution in [0.15, 0.2) is 53.6 Å². The lowest BCUT2D eigenvalue weighted by atomic mass is 10.0. The molecule has 1 aliphatic heterocycles. The predicted octanol–water partition coefficient (Wildman–Crippen LogP) is 3.50. The van der Waals surface area contributed by atoms with E-state index < -0.39 is 24.2 Å². The monoisotopic (exact) mass is 378 g/mol. The number of aryl methyl sites for hydroxylation is 1. The minimum absolute atomic E-state index is 0.0115. The van der Waals surface area contributed by atoms with Crippen molar-refractivity contribution in [1.29, 1.82) is 0 Å². The summed E-state index contributed by atoms with van der Waals surface area (Å²) in [4.78, 5) is 12.7. The van der Waals surface area contributed by atoms with Gasteiger partial charge in [-0.2, -0.15) is 23.3 Å². The van der Waals surface area contributed by atoms with Gasteiger partial charge in [0, 0.05) is 5.56 Å². The molecule has 0 radical (unpaired) electrons. The lowest BCUT2D eigenvalue weighted by Gasteiger charge is -2.32. The molecule has 0 aliphatic carbocycles. The zero-order chi connectivity index (χ0) is 19.8. The van der Waals surface area contributed by atoms with Crippen LogP contribution in [0, 0.1) is 6.92 Å². The Morgan fingerprint density at radius 1 is 1.22 bits per heavy atom. The van der Waals surface area contributed by atoms with Crippen molar-refractivity contribution < 1.29 is 27.8 Å². The Kier molecular flexibility index (Phi) is 4.69. The number of benzene rings is 2. The third-order valence-electron chi connectivity index (χ3n) is 4.32. The third-order valence-corrected chi connectivity index (χ3v) is 4.32. The van der Waals surface area contributed by atoms with Gasteiger partial charge in [0.25, 0.3) is 11.6 Å². The Labute approximate surface area is 153 Å². The first-order valence-electron chi connectivity index (χ1n) is 8.08. The molecular formula is C19H17F3N2O3. The van der Waals surface area contributed by atoms with Gasteiger partial charge in [0.15, 0.2) is 0 Å². The van der Waals surface area contributed by atoms with Crippen LogP contribution in [0.4, 0.5) is 13.2 Å². The van der Waals surface area contributed by atoms with Crippen molar-refractivity contribution in [2.75, 3.05) is 7.11 Å². The van der Waals surface area contributed by atoms with Gasteiger partial charge in [0.2, 0.25) is 0 Å². The summed E-state index contributed by atoms with van der Waals surface area (Å²) in [5.74, 6) is -0.502. The van der Waals surface area contributed by atoms with Crippen LogP contribution in [-0.2, 0) is 0 Å². The van der Waals surface area contributed by atoms with E-state index in [1.54, 1.807) is 31.2 Å². The zero-order valence-electron chi connectivity index (χ0n) is 14.6. The summed E-state index contributed by atoms with van der Waals surface area (Å²) < 4.78 is 45.9. The molecule has 2 aromatic rings. The fraction of sp³-hybridized carbons (Fsp3) is 0.263. The first-order chi connectivity index (χ1) is 12.7. The molecule has 27 heavy (non-hydrogen) atoms. The number of aliphatic hydroxyl groups is 1. The van der Waals surface area contributed by atoms with Gasteiger partial charge in [-0.1, -0.05) is 17.7 Å². The maximum atomic E-state index is 13.6. The maximum Gasteiger partial charge on any atom is 0.438 e. The summed E-state index contributed by atoms with van der Waals surface area (Å²) in [5, 5.41) is 14.3. The molecular weight excluding hydrogens is 361 g/mol. The number of alkyl halides is 3. The van der Waals surface area contributed by atoms with E-state index in [0.29, 0.717) is 16.9 Å². The van der Waals surface area contributed by atoms with Crippen molar-refractivity contribution in [3.8, 4) is 5.75 Å². The summed E-state index contributed by atoms with van der Waals surface area (Å²) in [6.07, 6.45) is -5.94. The average molecular weight is 378 g/mol. The van der Waals surface area contributed by atoms with Crippen LogP contribution >= 0.6 is 0 Å². The molecule has 0 saturated carbocycles. The summed E-state index contributed by atoms with van der Waals surface area (Å²) in [5.41, 5.74) is -2.38. The highest BCUT2D eigenvalue weighted by Gasteiger charge is 2.63. The Morgan fingerprint density at radius 2 is 1.89 bits per heavy atom. The van der Waals surface area contributed by atoms with Crippen molar-refractivity contribution in [2.24, 2.45) is 5.10 Å². The summed E-state index contributed by atoms with van der Waals surface area (Å²) in [6.45, 7) is 1.71. The summed E-state index contributed by atoms with van der Waals surface area (Å²) >= 11 is 0. The molecule has 0 saturated heterocycles. The van der Waals surface area contributed by atoms with Crippen LogP contribution in [0.25, 0.3) is 0 Å². The number of nitrogens with zero attached hydrogens (tertiary/aromatic N) is 2. The zero-order valence-corrected chi connectivity index (χ0v) is 14.6. The molecule has 1 aliphatic rings. The minimum atomic E-state index is -5.08. The first-order valence-corrected chi connectivity index (χ1v) is 8.08. The molecule has 0 fully saturated rings. The van der Waals surface area contributed by atoms with Crippen LogP contribution in [-0.4, -0.2) is 40.7 Å². The van der Waals surface area contributed by atoms with E-state index in [4.69, 9.17) is 4.74 Å². The fourth-order valence-corrected chi connectivity index (χ4v) is 2.82. The lowest BCUT2D eigenvalue weighted by molar-refractivity contribution is -0.297. The van der Waals surface area contributed by atoms with Gasteiger partial charge in [-0.05, 0) is 48.9 Å². The number of hydrogen-bond donors (Lipinski definition) is 1. The molecule has 1 atom stereocenters. The highest BCUT2D eigenvalue weighted by Crippen LogP contribution is 2.42. The Morgan fingerprint density at radius 3 is 2.44 bits per heavy atom. The van der Waals surface area contributed by atoms with Crippen molar-refractivity contribution >= 4 is 11.6 Å². The first kappa shape index (κ1) is 18.9.